The number of anilines is 1. The molecule has 1 aliphatic rings. The van der Waals surface area contributed by atoms with Crippen molar-refractivity contribution in [3.63, 3.8) is 0 Å². The molecule has 0 spiro atoms. The number of hydrogen-bond acceptors (Lipinski definition) is 2. The van der Waals surface area contributed by atoms with Crippen LogP contribution in [0, 0.1) is 5.92 Å². The smallest absolute Gasteiger partial charge is 0.0373 e. The van der Waals surface area contributed by atoms with Crippen LogP contribution < -0.4 is 5.32 Å². The van der Waals surface area contributed by atoms with Gasteiger partial charge >= 0.3 is 0 Å². The molecule has 0 aromatic heterocycles. The highest BCUT2D eigenvalue weighted by molar-refractivity contribution is 5.56. The SMILES string of the molecule is CCC(C)CN(C)Cc1ccc2c(c1)CCN2. The van der Waals surface area contributed by atoms with Gasteiger partial charge in [-0.15, -0.1) is 0 Å². The number of nitrogens with one attached hydrogen (secondary N) is 1. The summed E-state index contributed by atoms with van der Waals surface area (Å²) in [7, 11) is 2.22. The van der Waals surface area contributed by atoms with E-state index in [1.165, 1.54) is 36.2 Å². The molecule has 1 unspecified atom stereocenters. The quantitative estimate of drug-likeness (QED) is 0.839. The summed E-state index contributed by atoms with van der Waals surface area (Å²) in [4.78, 5) is 2.43. The summed E-state index contributed by atoms with van der Waals surface area (Å²) in [5.41, 5.74) is 4.26. The van der Waals surface area contributed by atoms with Crippen molar-refractivity contribution in [3.05, 3.63) is 29.3 Å². The average Bonchev–Trinajstić information content (AvgIpc) is 2.75. The van der Waals surface area contributed by atoms with Crippen molar-refractivity contribution >= 4 is 5.69 Å². The summed E-state index contributed by atoms with van der Waals surface area (Å²) in [6.07, 6.45) is 2.44. The van der Waals surface area contributed by atoms with Crippen LogP contribution in [0.15, 0.2) is 18.2 Å². The van der Waals surface area contributed by atoms with Gasteiger partial charge in [-0.05, 0) is 36.6 Å². The van der Waals surface area contributed by atoms with Gasteiger partial charge in [-0.1, -0.05) is 32.4 Å². The predicted molar refractivity (Wildman–Crippen MR) is 74.4 cm³/mol. The molecule has 0 fully saturated rings. The van der Waals surface area contributed by atoms with Gasteiger partial charge in [0.1, 0.15) is 0 Å². The van der Waals surface area contributed by atoms with Crippen molar-refractivity contribution < 1.29 is 0 Å². The zero-order chi connectivity index (χ0) is 12.3. The van der Waals surface area contributed by atoms with Crippen molar-refractivity contribution in [1.29, 1.82) is 0 Å². The molecule has 1 atom stereocenters. The van der Waals surface area contributed by atoms with E-state index in [9.17, 15) is 0 Å². The van der Waals surface area contributed by atoms with Crippen LogP contribution in [-0.4, -0.2) is 25.0 Å². The van der Waals surface area contributed by atoms with E-state index in [1.807, 2.05) is 0 Å². The van der Waals surface area contributed by atoms with E-state index in [-0.39, 0.29) is 0 Å². The molecular weight excluding hydrogens is 208 g/mol. The first-order chi connectivity index (χ1) is 8.19. The highest BCUT2D eigenvalue weighted by Gasteiger charge is 2.11. The van der Waals surface area contributed by atoms with E-state index < -0.39 is 0 Å². The van der Waals surface area contributed by atoms with Crippen LogP contribution in [0.2, 0.25) is 0 Å². The maximum absolute atomic E-state index is 3.41. The minimum absolute atomic E-state index is 0.788. The van der Waals surface area contributed by atoms with Gasteiger partial charge in [0.2, 0.25) is 0 Å². The van der Waals surface area contributed by atoms with Crippen LogP contribution in [0.1, 0.15) is 31.4 Å². The van der Waals surface area contributed by atoms with E-state index in [1.54, 1.807) is 0 Å². The lowest BCUT2D eigenvalue weighted by molar-refractivity contribution is 0.275. The Hall–Kier alpha value is -1.02. The first-order valence-corrected chi connectivity index (χ1v) is 6.73. The highest BCUT2D eigenvalue weighted by atomic mass is 15.1. The van der Waals surface area contributed by atoms with E-state index >= 15 is 0 Å². The summed E-state index contributed by atoms with van der Waals surface area (Å²) in [6, 6.07) is 6.85. The topological polar surface area (TPSA) is 15.3 Å². The second kappa shape index (κ2) is 5.54. The Labute approximate surface area is 105 Å². The van der Waals surface area contributed by atoms with Crippen LogP contribution >= 0.6 is 0 Å². The maximum atomic E-state index is 3.41. The molecule has 0 radical (unpaired) electrons. The fraction of sp³-hybridized carbons (Fsp3) is 0.600. The lowest BCUT2D eigenvalue weighted by Crippen LogP contribution is -2.23. The van der Waals surface area contributed by atoms with Crippen molar-refractivity contribution in [3.8, 4) is 0 Å². The van der Waals surface area contributed by atoms with Crippen LogP contribution in [0.3, 0.4) is 0 Å². The highest BCUT2D eigenvalue weighted by Crippen LogP contribution is 2.23. The number of hydrogen-bond donors (Lipinski definition) is 1. The molecule has 2 rings (SSSR count). The molecule has 94 valence electrons. The minimum Gasteiger partial charge on any atom is -0.384 e. The molecule has 0 amide bonds. The first kappa shape index (κ1) is 12.4. The van der Waals surface area contributed by atoms with Gasteiger partial charge in [0.15, 0.2) is 0 Å². The van der Waals surface area contributed by atoms with Crippen LogP contribution in [0.25, 0.3) is 0 Å². The van der Waals surface area contributed by atoms with Gasteiger partial charge in [0, 0.05) is 25.3 Å². The van der Waals surface area contributed by atoms with Gasteiger partial charge in [0.25, 0.3) is 0 Å². The van der Waals surface area contributed by atoms with Gasteiger partial charge in [0.05, 0.1) is 0 Å². The molecule has 0 bridgehead atoms. The van der Waals surface area contributed by atoms with Crippen molar-refractivity contribution in [1.82, 2.24) is 4.90 Å². The molecule has 1 aromatic rings. The van der Waals surface area contributed by atoms with E-state index in [0.717, 1.165) is 19.0 Å². The second-order valence-electron chi connectivity index (χ2n) is 5.38. The van der Waals surface area contributed by atoms with Gasteiger partial charge in [-0.25, -0.2) is 0 Å². The normalized spacial score (nSPS) is 15.8. The molecule has 1 aliphatic heterocycles. The first-order valence-electron chi connectivity index (χ1n) is 6.73. The molecule has 17 heavy (non-hydrogen) atoms. The third-order valence-electron chi connectivity index (χ3n) is 3.65. The summed E-state index contributed by atoms with van der Waals surface area (Å²) < 4.78 is 0. The zero-order valence-electron chi connectivity index (χ0n) is 11.3. The average molecular weight is 232 g/mol. The molecule has 0 saturated carbocycles. The van der Waals surface area contributed by atoms with Crippen LogP contribution in [0.5, 0.6) is 0 Å². The molecular formula is C15H24N2. The summed E-state index contributed by atoms with van der Waals surface area (Å²) in [5.74, 6) is 0.788. The molecule has 0 saturated heterocycles. The monoisotopic (exact) mass is 232 g/mol. The Morgan fingerprint density at radius 2 is 2.24 bits per heavy atom. The molecule has 2 nitrogen and oxygen atoms in total. The third-order valence-corrected chi connectivity index (χ3v) is 3.65. The van der Waals surface area contributed by atoms with Gasteiger partial charge in [-0.3, -0.25) is 0 Å². The Morgan fingerprint density at radius 1 is 1.41 bits per heavy atom. The molecule has 1 heterocycles. The Balaban J connectivity index is 1.94. The Kier molecular flexibility index (Phi) is 4.06. The van der Waals surface area contributed by atoms with Crippen molar-refractivity contribution in [2.75, 3.05) is 25.5 Å². The summed E-state index contributed by atoms with van der Waals surface area (Å²) in [5, 5.41) is 3.41. The minimum atomic E-state index is 0.788. The summed E-state index contributed by atoms with van der Waals surface area (Å²) in [6.45, 7) is 7.94. The number of rotatable bonds is 5. The molecule has 1 aromatic carbocycles. The lowest BCUT2D eigenvalue weighted by atomic mass is 10.1. The fourth-order valence-electron chi connectivity index (χ4n) is 2.49. The van der Waals surface area contributed by atoms with Gasteiger partial charge in [-0.2, -0.15) is 0 Å². The standard InChI is InChI=1S/C15H24N2/c1-4-12(2)10-17(3)11-13-5-6-15-14(9-13)7-8-16-15/h5-6,9,12,16H,4,7-8,10-11H2,1-3H3. The summed E-state index contributed by atoms with van der Waals surface area (Å²) >= 11 is 0. The van der Waals surface area contributed by atoms with E-state index in [2.05, 4.69) is 49.3 Å². The number of nitrogens with zero attached hydrogens (tertiary/aromatic N) is 1. The third kappa shape index (κ3) is 3.22. The molecule has 1 N–H and O–H groups in total. The van der Waals surface area contributed by atoms with Crippen molar-refractivity contribution in [2.24, 2.45) is 5.92 Å². The van der Waals surface area contributed by atoms with Crippen molar-refractivity contribution in [2.45, 2.75) is 33.2 Å². The van der Waals surface area contributed by atoms with E-state index in [0.29, 0.717) is 0 Å². The maximum Gasteiger partial charge on any atom is 0.0373 e. The van der Waals surface area contributed by atoms with Gasteiger partial charge < -0.3 is 10.2 Å². The zero-order valence-corrected chi connectivity index (χ0v) is 11.3. The van der Waals surface area contributed by atoms with Crippen LogP contribution in [0.4, 0.5) is 5.69 Å². The second-order valence-corrected chi connectivity index (χ2v) is 5.38. The number of fused-ring (bicyclic) bond motifs is 1. The Morgan fingerprint density at radius 3 is 3.00 bits per heavy atom. The fourth-order valence-corrected chi connectivity index (χ4v) is 2.49. The largest absolute Gasteiger partial charge is 0.384 e. The lowest BCUT2D eigenvalue weighted by Gasteiger charge is -2.20. The number of benzene rings is 1. The molecule has 2 heteroatoms. The predicted octanol–water partition coefficient (Wildman–Crippen LogP) is 3.13. The Bertz CT molecular complexity index is 373. The van der Waals surface area contributed by atoms with Crippen LogP contribution in [-0.2, 0) is 13.0 Å². The van der Waals surface area contributed by atoms with E-state index in [4.69, 9.17) is 0 Å². The molecule has 0 aliphatic carbocycles.